The van der Waals surface area contributed by atoms with E-state index in [1.165, 1.54) is 0 Å². The number of carbonyl (C=O) groups excluding carboxylic acids is 1. The molecule has 2 N–H and O–H groups in total. The molecular formula is C15H26N2O2. The topological polar surface area (TPSA) is 64.7 Å². The number of nitrogens with zero attached hydrogens (tertiary/aromatic N) is 1. The molecule has 2 bridgehead atoms. The first-order valence-corrected chi connectivity index (χ1v) is 7.02. The van der Waals surface area contributed by atoms with Crippen molar-refractivity contribution in [3.63, 3.8) is 0 Å². The monoisotopic (exact) mass is 266 g/mol. The Morgan fingerprint density at radius 2 is 1.95 bits per heavy atom. The lowest BCUT2D eigenvalue weighted by Crippen LogP contribution is -2.41. The van der Waals surface area contributed by atoms with Gasteiger partial charge >= 0.3 is 5.97 Å². The SMILES string of the molecule is CC(C)(C)C(=O)O[C@@H]1C[C@@H]2/C(=N/N)C[C@@]1(C)C2(C)C. The second-order valence-corrected chi connectivity index (χ2v) is 7.87. The molecule has 4 nitrogen and oxygen atoms in total. The molecule has 0 amide bonds. The van der Waals surface area contributed by atoms with Crippen LogP contribution in [-0.2, 0) is 9.53 Å². The van der Waals surface area contributed by atoms with E-state index in [1.54, 1.807) is 0 Å². The third-order valence-corrected chi connectivity index (χ3v) is 5.48. The highest BCUT2D eigenvalue weighted by molar-refractivity contribution is 5.92. The van der Waals surface area contributed by atoms with Crippen molar-refractivity contribution in [3.05, 3.63) is 0 Å². The standard InChI is InChI=1S/C15H26N2O2/c1-13(2,3)12(18)19-11-7-9-10(17-16)8-15(11,6)14(9,4)5/h9,11H,7-8,16H2,1-6H3/b17-10+/t9-,11-,15-/m1/s1. The van der Waals surface area contributed by atoms with Crippen molar-refractivity contribution in [2.45, 2.75) is 60.5 Å². The normalized spacial score (nSPS) is 38.7. The van der Waals surface area contributed by atoms with Gasteiger partial charge in [-0.3, -0.25) is 4.79 Å². The molecule has 0 radical (unpaired) electrons. The summed E-state index contributed by atoms with van der Waals surface area (Å²) < 4.78 is 5.81. The van der Waals surface area contributed by atoms with Crippen molar-refractivity contribution < 1.29 is 9.53 Å². The molecule has 19 heavy (non-hydrogen) atoms. The maximum absolute atomic E-state index is 12.1. The van der Waals surface area contributed by atoms with Crippen LogP contribution in [-0.4, -0.2) is 17.8 Å². The lowest BCUT2D eigenvalue weighted by molar-refractivity contribution is -0.165. The van der Waals surface area contributed by atoms with Crippen LogP contribution in [0.3, 0.4) is 0 Å². The average Bonchev–Trinajstić information content (AvgIpc) is 2.58. The number of fused-ring (bicyclic) bond motifs is 2. The highest BCUT2D eigenvalue weighted by atomic mass is 16.5. The number of hydrogen-bond acceptors (Lipinski definition) is 4. The highest BCUT2D eigenvalue weighted by Gasteiger charge is 2.66. The van der Waals surface area contributed by atoms with Crippen LogP contribution in [0.5, 0.6) is 0 Å². The third-order valence-electron chi connectivity index (χ3n) is 5.48. The van der Waals surface area contributed by atoms with Crippen LogP contribution in [0.1, 0.15) is 54.4 Å². The van der Waals surface area contributed by atoms with Gasteiger partial charge in [-0.15, -0.1) is 0 Å². The van der Waals surface area contributed by atoms with Crippen molar-refractivity contribution >= 4 is 11.7 Å². The molecule has 3 atom stereocenters. The van der Waals surface area contributed by atoms with Crippen molar-refractivity contribution in [1.29, 1.82) is 0 Å². The lowest BCUT2D eigenvalue weighted by atomic mass is 9.70. The number of hydrogen-bond donors (Lipinski definition) is 1. The predicted molar refractivity (Wildman–Crippen MR) is 75.6 cm³/mol. The summed E-state index contributed by atoms with van der Waals surface area (Å²) in [6, 6.07) is 0. The van der Waals surface area contributed by atoms with Crippen LogP contribution in [0, 0.1) is 22.2 Å². The number of ether oxygens (including phenoxy) is 1. The fourth-order valence-corrected chi connectivity index (χ4v) is 3.60. The molecule has 0 saturated heterocycles. The summed E-state index contributed by atoms with van der Waals surface area (Å²) in [5, 5.41) is 3.95. The Morgan fingerprint density at radius 3 is 2.32 bits per heavy atom. The Kier molecular flexibility index (Phi) is 3.00. The fraction of sp³-hybridized carbons (Fsp3) is 0.867. The first kappa shape index (κ1) is 14.4. The second kappa shape index (κ2) is 3.97. The number of nitrogens with two attached hydrogens (primary N) is 1. The maximum atomic E-state index is 12.1. The number of carbonyl (C=O) groups is 1. The first-order valence-electron chi connectivity index (χ1n) is 7.02. The third kappa shape index (κ3) is 1.87. The number of hydrazone groups is 1. The Hall–Kier alpha value is -1.06. The highest BCUT2D eigenvalue weighted by Crippen LogP contribution is 2.65. The van der Waals surface area contributed by atoms with Gasteiger partial charge in [-0.05, 0) is 39.0 Å². The molecule has 2 saturated carbocycles. The summed E-state index contributed by atoms with van der Waals surface area (Å²) in [7, 11) is 0. The summed E-state index contributed by atoms with van der Waals surface area (Å²) in [6.07, 6.45) is 1.66. The van der Waals surface area contributed by atoms with E-state index in [-0.39, 0.29) is 22.9 Å². The Morgan fingerprint density at radius 1 is 1.37 bits per heavy atom. The lowest BCUT2D eigenvalue weighted by Gasteiger charge is -2.38. The minimum atomic E-state index is -0.451. The summed E-state index contributed by atoms with van der Waals surface area (Å²) in [6.45, 7) is 12.3. The summed E-state index contributed by atoms with van der Waals surface area (Å²) >= 11 is 0. The first-order chi connectivity index (χ1) is 8.54. The van der Waals surface area contributed by atoms with Crippen molar-refractivity contribution in [2.24, 2.45) is 33.1 Å². The van der Waals surface area contributed by atoms with E-state index in [0.29, 0.717) is 5.92 Å². The summed E-state index contributed by atoms with van der Waals surface area (Å²) in [5.41, 5.74) is 0.647. The summed E-state index contributed by atoms with van der Waals surface area (Å²) in [5.74, 6) is 5.71. The average molecular weight is 266 g/mol. The molecule has 4 heteroatoms. The Bertz CT molecular complexity index is 434. The van der Waals surface area contributed by atoms with Crippen LogP contribution < -0.4 is 5.84 Å². The molecule has 0 spiro atoms. The molecule has 0 aromatic rings. The molecular weight excluding hydrogens is 240 g/mol. The molecule has 2 aliphatic carbocycles. The Balaban J connectivity index is 2.23. The minimum Gasteiger partial charge on any atom is -0.461 e. The van der Waals surface area contributed by atoms with Gasteiger partial charge in [0.2, 0.25) is 0 Å². The van der Waals surface area contributed by atoms with E-state index in [9.17, 15) is 4.79 Å². The van der Waals surface area contributed by atoms with E-state index in [2.05, 4.69) is 25.9 Å². The van der Waals surface area contributed by atoms with E-state index < -0.39 is 5.41 Å². The molecule has 0 unspecified atom stereocenters. The van der Waals surface area contributed by atoms with E-state index >= 15 is 0 Å². The van der Waals surface area contributed by atoms with Crippen molar-refractivity contribution in [2.75, 3.05) is 0 Å². The predicted octanol–water partition coefficient (Wildman–Crippen LogP) is 2.72. The van der Waals surface area contributed by atoms with Gasteiger partial charge < -0.3 is 10.6 Å². The van der Waals surface area contributed by atoms with Gasteiger partial charge in [-0.2, -0.15) is 5.10 Å². The smallest absolute Gasteiger partial charge is 0.311 e. The zero-order valence-electron chi connectivity index (χ0n) is 12.9. The molecule has 0 heterocycles. The minimum absolute atomic E-state index is 0.0234. The van der Waals surface area contributed by atoms with Gasteiger partial charge in [0, 0.05) is 17.0 Å². The maximum Gasteiger partial charge on any atom is 0.311 e. The number of rotatable bonds is 1. The molecule has 108 valence electrons. The van der Waals surface area contributed by atoms with Crippen LogP contribution in [0.2, 0.25) is 0 Å². The van der Waals surface area contributed by atoms with Crippen molar-refractivity contribution in [3.8, 4) is 0 Å². The van der Waals surface area contributed by atoms with Gasteiger partial charge in [0.05, 0.1) is 5.41 Å². The van der Waals surface area contributed by atoms with Gasteiger partial charge in [0.1, 0.15) is 6.10 Å². The largest absolute Gasteiger partial charge is 0.461 e. The zero-order chi connectivity index (χ0) is 14.6. The van der Waals surface area contributed by atoms with Gasteiger partial charge in [-0.25, -0.2) is 0 Å². The molecule has 0 aromatic carbocycles. The molecule has 0 aliphatic heterocycles. The van der Waals surface area contributed by atoms with Gasteiger partial charge in [0.25, 0.3) is 0 Å². The second-order valence-electron chi connectivity index (χ2n) is 7.87. The van der Waals surface area contributed by atoms with Crippen molar-refractivity contribution in [1.82, 2.24) is 0 Å². The molecule has 0 aromatic heterocycles. The zero-order valence-corrected chi connectivity index (χ0v) is 12.9. The Labute approximate surface area is 115 Å². The molecule has 2 rings (SSSR count). The number of esters is 1. The molecule has 2 fully saturated rings. The quantitative estimate of drug-likeness (QED) is 0.451. The summed E-state index contributed by atoms with van der Waals surface area (Å²) in [4.78, 5) is 12.1. The van der Waals surface area contributed by atoms with E-state index in [0.717, 1.165) is 18.6 Å². The molecule has 2 aliphatic rings. The van der Waals surface area contributed by atoms with E-state index in [1.807, 2.05) is 20.8 Å². The van der Waals surface area contributed by atoms with Crippen LogP contribution in [0.4, 0.5) is 0 Å². The van der Waals surface area contributed by atoms with Gasteiger partial charge in [-0.1, -0.05) is 20.8 Å². The fourth-order valence-electron chi connectivity index (χ4n) is 3.60. The van der Waals surface area contributed by atoms with Crippen LogP contribution in [0.25, 0.3) is 0 Å². The van der Waals surface area contributed by atoms with Crippen LogP contribution in [0.15, 0.2) is 5.10 Å². The van der Waals surface area contributed by atoms with Crippen LogP contribution >= 0.6 is 0 Å². The van der Waals surface area contributed by atoms with E-state index in [4.69, 9.17) is 10.6 Å². The van der Waals surface area contributed by atoms with Gasteiger partial charge in [0.15, 0.2) is 0 Å².